The highest BCUT2D eigenvalue weighted by molar-refractivity contribution is 9.10. The summed E-state index contributed by atoms with van der Waals surface area (Å²) in [5, 5.41) is 0. The third-order valence-electron chi connectivity index (χ3n) is 3.63. The lowest BCUT2D eigenvalue weighted by molar-refractivity contribution is -0.0355. The minimum atomic E-state index is 0.192. The largest absolute Gasteiger partial charge is 0.372 e. The molecule has 0 spiro atoms. The van der Waals surface area contributed by atoms with Gasteiger partial charge in [-0.05, 0) is 25.0 Å². The summed E-state index contributed by atoms with van der Waals surface area (Å²) in [5.41, 5.74) is 0.781. The van der Waals surface area contributed by atoms with Crippen molar-refractivity contribution < 1.29 is 9.53 Å². The zero-order valence-corrected chi connectivity index (χ0v) is 11.7. The van der Waals surface area contributed by atoms with Gasteiger partial charge in [-0.25, -0.2) is 0 Å². The van der Waals surface area contributed by atoms with Crippen molar-refractivity contribution in [1.29, 1.82) is 0 Å². The first-order valence-electron chi connectivity index (χ1n) is 6.37. The lowest BCUT2D eigenvalue weighted by Crippen LogP contribution is -2.44. The monoisotopic (exact) mass is 309 g/mol. The standard InChI is InChI=1S/C14H16BrNO2/c15-11-3-1-2-10(6-11)14(17)9-16-7-12-4-5-13(8-16)18-12/h1-3,6,12-13H,4-5,7-9H2. The van der Waals surface area contributed by atoms with Crippen molar-refractivity contribution in [2.24, 2.45) is 0 Å². The summed E-state index contributed by atoms with van der Waals surface area (Å²) in [6.45, 7) is 2.30. The molecule has 1 aromatic carbocycles. The molecule has 2 unspecified atom stereocenters. The van der Waals surface area contributed by atoms with Crippen LogP contribution in [-0.4, -0.2) is 42.5 Å². The summed E-state index contributed by atoms with van der Waals surface area (Å²) in [7, 11) is 0. The Hall–Kier alpha value is -0.710. The topological polar surface area (TPSA) is 29.5 Å². The first kappa shape index (κ1) is 12.3. The smallest absolute Gasteiger partial charge is 0.176 e. The molecule has 18 heavy (non-hydrogen) atoms. The molecule has 2 fully saturated rings. The van der Waals surface area contributed by atoms with Gasteiger partial charge in [-0.15, -0.1) is 0 Å². The number of rotatable bonds is 3. The first-order valence-corrected chi connectivity index (χ1v) is 7.16. The van der Waals surface area contributed by atoms with E-state index < -0.39 is 0 Å². The molecule has 2 saturated heterocycles. The van der Waals surface area contributed by atoms with E-state index in [2.05, 4.69) is 20.8 Å². The van der Waals surface area contributed by atoms with Crippen LogP contribution in [-0.2, 0) is 4.74 Å². The van der Waals surface area contributed by atoms with Gasteiger partial charge in [-0.3, -0.25) is 9.69 Å². The number of carbonyl (C=O) groups excluding carboxylic acids is 1. The van der Waals surface area contributed by atoms with Crippen LogP contribution in [0.2, 0.25) is 0 Å². The fraction of sp³-hybridized carbons (Fsp3) is 0.500. The van der Waals surface area contributed by atoms with Crippen LogP contribution in [0.3, 0.4) is 0 Å². The lowest BCUT2D eigenvalue weighted by Gasteiger charge is -2.31. The van der Waals surface area contributed by atoms with Gasteiger partial charge in [-0.1, -0.05) is 28.1 Å². The molecule has 3 nitrogen and oxygen atoms in total. The average Bonchev–Trinajstić information content (AvgIpc) is 2.69. The zero-order valence-electron chi connectivity index (χ0n) is 10.1. The van der Waals surface area contributed by atoms with Gasteiger partial charge in [0.05, 0.1) is 18.8 Å². The van der Waals surface area contributed by atoms with Crippen LogP contribution in [0.5, 0.6) is 0 Å². The number of hydrogen-bond acceptors (Lipinski definition) is 3. The number of nitrogens with zero attached hydrogens (tertiary/aromatic N) is 1. The summed E-state index contributed by atoms with van der Waals surface area (Å²) in [6, 6.07) is 7.60. The number of ketones is 1. The Kier molecular flexibility index (Phi) is 3.50. The second kappa shape index (κ2) is 5.11. The number of carbonyl (C=O) groups is 1. The van der Waals surface area contributed by atoms with Crippen molar-refractivity contribution in [3.05, 3.63) is 34.3 Å². The molecule has 0 amide bonds. The molecule has 1 aromatic rings. The highest BCUT2D eigenvalue weighted by Gasteiger charge is 2.34. The summed E-state index contributed by atoms with van der Waals surface area (Å²) in [6.07, 6.45) is 2.98. The second-order valence-corrected chi connectivity index (χ2v) is 6.00. The minimum absolute atomic E-state index is 0.192. The molecule has 0 saturated carbocycles. The minimum Gasteiger partial charge on any atom is -0.372 e. The van der Waals surface area contributed by atoms with Crippen molar-refractivity contribution >= 4 is 21.7 Å². The second-order valence-electron chi connectivity index (χ2n) is 5.09. The van der Waals surface area contributed by atoms with E-state index >= 15 is 0 Å². The van der Waals surface area contributed by atoms with E-state index in [0.29, 0.717) is 18.8 Å². The van der Waals surface area contributed by atoms with Crippen molar-refractivity contribution in [3.63, 3.8) is 0 Å². The Balaban J connectivity index is 1.64. The van der Waals surface area contributed by atoms with Gasteiger partial charge in [0, 0.05) is 23.1 Å². The van der Waals surface area contributed by atoms with Gasteiger partial charge in [0.2, 0.25) is 0 Å². The summed E-state index contributed by atoms with van der Waals surface area (Å²) < 4.78 is 6.73. The van der Waals surface area contributed by atoms with Gasteiger partial charge in [0.1, 0.15) is 0 Å². The Bertz CT molecular complexity index is 451. The van der Waals surface area contributed by atoms with Crippen LogP contribution in [0.4, 0.5) is 0 Å². The number of morpholine rings is 1. The molecule has 0 radical (unpaired) electrons. The van der Waals surface area contributed by atoms with E-state index in [-0.39, 0.29) is 5.78 Å². The SMILES string of the molecule is O=C(CN1CC2CCC(C1)O2)c1cccc(Br)c1. The molecule has 4 heteroatoms. The van der Waals surface area contributed by atoms with Crippen LogP contribution in [0.15, 0.2) is 28.7 Å². The van der Waals surface area contributed by atoms with Gasteiger partial charge in [0.15, 0.2) is 5.78 Å². The Morgan fingerprint density at radius 1 is 1.33 bits per heavy atom. The third-order valence-corrected chi connectivity index (χ3v) is 4.13. The van der Waals surface area contributed by atoms with E-state index in [0.717, 1.165) is 36.0 Å². The normalized spacial score (nSPS) is 27.4. The van der Waals surface area contributed by atoms with Gasteiger partial charge >= 0.3 is 0 Å². The molecule has 0 aliphatic carbocycles. The van der Waals surface area contributed by atoms with E-state index in [9.17, 15) is 4.79 Å². The Morgan fingerprint density at radius 2 is 2.06 bits per heavy atom. The number of halogens is 1. The molecule has 2 aliphatic heterocycles. The Morgan fingerprint density at radius 3 is 2.72 bits per heavy atom. The third kappa shape index (κ3) is 2.66. The number of Topliss-reactive ketones (excluding diaryl/α,β-unsaturated/α-hetero) is 1. The lowest BCUT2D eigenvalue weighted by atomic mass is 10.1. The predicted molar refractivity (Wildman–Crippen MR) is 72.8 cm³/mol. The molecule has 0 N–H and O–H groups in total. The number of benzene rings is 1. The van der Waals surface area contributed by atoms with Gasteiger partial charge in [0.25, 0.3) is 0 Å². The summed E-state index contributed by atoms with van der Waals surface area (Å²) in [5.74, 6) is 0.192. The maximum atomic E-state index is 12.2. The quantitative estimate of drug-likeness (QED) is 0.804. The maximum Gasteiger partial charge on any atom is 0.176 e. The number of hydrogen-bond donors (Lipinski definition) is 0. The van der Waals surface area contributed by atoms with Gasteiger partial charge in [-0.2, -0.15) is 0 Å². The van der Waals surface area contributed by atoms with Crippen LogP contribution in [0.1, 0.15) is 23.2 Å². The van der Waals surface area contributed by atoms with Crippen LogP contribution < -0.4 is 0 Å². The highest BCUT2D eigenvalue weighted by Crippen LogP contribution is 2.26. The highest BCUT2D eigenvalue weighted by atomic mass is 79.9. The van der Waals surface area contributed by atoms with E-state index in [4.69, 9.17) is 4.74 Å². The summed E-state index contributed by atoms with van der Waals surface area (Å²) >= 11 is 3.40. The fourth-order valence-electron chi connectivity index (χ4n) is 2.78. The van der Waals surface area contributed by atoms with Crippen molar-refractivity contribution in [3.8, 4) is 0 Å². The molecule has 96 valence electrons. The predicted octanol–water partition coefficient (Wildman–Crippen LogP) is 2.50. The Labute approximate surface area is 115 Å². The van der Waals surface area contributed by atoms with Crippen molar-refractivity contribution in [2.75, 3.05) is 19.6 Å². The number of fused-ring (bicyclic) bond motifs is 2. The molecule has 2 aliphatic rings. The molecule has 2 atom stereocenters. The molecule has 3 rings (SSSR count). The first-order chi connectivity index (χ1) is 8.70. The average molecular weight is 310 g/mol. The molecule has 2 heterocycles. The van der Waals surface area contributed by atoms with Crippen LogP contribution in [0, 0.1) is 0 Å². The van der Waals surface area contributed by atoms with Crippen LogP contribution in [0.25, 0.3) is 0 Å². The van der Waals surface area contributed by atoms with E-state index in [1.807, 2.05) is 24.3 Å². The molecular formula is C14H16BrNO2. The number of ether oxygens (including phenoxy) is 1. The van der Waals surface area contributed by atoms with Crippen LogP contribution >= 0.6 is 15.9 Å². The number of likely N-dealkylation sites (tertiary alicyclic amines) is 1. The van der Waals surface area contributed by atoms with E-state index in [1.54, 1.807) is 0 Å². The summed E-state index contributed by atoms with van der Waals surface area (Å²) in [4.78, 5) is 14.4. The van der Waals surface area contributed by atoms with Crippen molar-refractivity contribution in [2.45, 2.75) is 25.0 Å². The van der Waals surface area contributed by atoms with E-state index in [1.165, 1.54) is 0 Å². The van der Waals surface area contributed by atoms with Gasteiger partial charge < -0.3 is 4.74 Å². The maximum absolute atomic E-state index is 12.2. The molecular weight excluding hydrogens is 294 g/mol. The van der Waals surface area contributed by atoms with Crippen molar-refractivity contribution in [1.82, 2.24) is 4.90 Å². The molecule has 0 aromatic heterocycles. The zero-order chi connectivity index (χ0) is 12.5. The molecule has 2 bridgehead atoms. The fourth-order valence-corrected chi connectivity index (χ4v) is 3.18.